The van der Waals surface area contributed by atoms with Crippen molar-refractivity contribution in [1.29, 1.82) is 0 Å². The maximum Gasteiger partial charge on any atom is 0.184 e. The van der Waals surface area contributed by atoms with Gasteiger partial charge in [-0.15, -0.1) is 0 Å². The zero-order valence-corrected chi connectivity index (χ0v) is 13.9. The highest BCUT2D eigenvalue weighted by atomic mass is 16.8. The molecule has 0 amide bonds. The van der Waals surface area contributed by atoms with Gasteiger partial charge in [-0.25, -0.2) is 0 Å². The zero-order valence-electron chi connectivity index (χ0n) is 13.9. The molecule has 0 saturated carbocycles. The highest BCUT2D eigenvalue weighted by molar-refractivity contribution is 5.26. The topological polar surface area (TPSA) is 66.4 Å². The number of hydrogen-bond donors (Lipinski definition) is 1. The largest absolute Gasteiger partial charge is 0.497 e. The fourth-order valence-electron chi connectivity index (χ4n) is 3.06. The summed E-state index contributed by atoms with van der Waals surface area (Å²) in [5, 5.41) is 10.2. The van der Waals surface area contributed by atoms with Crippen LogP contribution in [-0.2, 0) is 25.6 Å². The molecule has 1 N–H and O–H groups in total. The van der Waals surface area contributed by atoms with Crippen LogP contribution in [0, 0.1) is 0 Å². The number of aliphatic hydroxyl groups excluding tert-OH is 1. The van der Waals surface area contributed by atoms with Crippen LogP contribution in [-0.4, -0.2) is 48.7 Å². The fraction of sp³-hybridized carbons (Fsp3) is 0.647. The third kappa shape index (κ3) is 3.51. The number of methoxy groups -OCH3 is 1. The first-order valence-electron chi connectivity index (χ1n) is 7.83. The van der Waals surface area contributed by atoms with Gasteiger partial charge < -0.3 is 28.8 Å². The maximum absolute atomic E-state index is 10.2. The Morgan fingerprint density at radius 3 is 2.43 bits per heavy atom. The van der Waals surface area contributed by atoms with E-state index in [1.54, 1.807) is 7.11 Å². The molecular weight excluding hydrogens is 300 g/mol. The van der Waals surface area contributed by atoms with E-state index in [0.29, 0.717) is 6.61 Å². The predicted molar refractivity (Wildman–Crippen MR) is 81.9 cm³/mol. The second-order valence-corrected chi connectivity index (χ2v) is 6.42. The molecule has 128 valence electrons. The van der Waals surface area contributed by atoms with Crippen LogP contribution in [0.4, 0.5) is 0 Å². The van der Waals surface area contributed by atoms with Crippen LogP contribution in [0.1, 0.15) is 26.3 Å². The smallest absolute Gasteiger partial charge is 0.184 e. The second kappa shape index (κ2) is 6.37. The molecule has 6 heteroatoms. The summed E-state index contributed by atoms with van der Waals surface area (Å²) in [5.74, 6) is 0.0802. The monoisotopic (exact) mass is 324 g/mol. The molecule has 0 unspecified atom stereocenters. The Bertz CT molecular complexity index is 528. The average Bonchev–Trinajstić information content (AvgIpc) is 2.83. The van der Waals surface area contributed by atoms with Gasteiger partial charge in [-0.3, -0.25) is 0 Å². The number of hydrogen-bond acceptors (Lipinski definition) is 6. The van der Waals surface area contributed by atoms with Crippen LogP contribution >= 0.6 is 0 Å². The van der Waals surface area contributed by atoms with Gasteiger partial charge in [0.1, 0.15) is 24.1 Å². The van der Waals surface area contributed by atoms with Gasteiger partial charge in [0.15, 0.2) is 12.1 Å². The van der Waals surface area contributed by atoms with Gasteiger partial charge in [-0.1, -0.05) is 12.1 Å². The molecule has 6 nitrogen and oxygen atoms in total. The minimum Gasteiger partial charge on any atom is -0.497 e. The normalized spacial score (nSPS) is 35.8. The first-order chi connectivity index (χ1) is 10.9. The molecule has 2 saturated heterocycles. The van der Waals surface area contributed by atoms with E-state index in [-0.39, 0.29) is 18.3 Å². The summed E-state index contributed by atoms with van der Waals surface area (Å²) in [6.45, 7) is 5.91. The van der Waals surface area contributed by atoms with Gasteiger partial charge in [0.05, 0.1) is 19.8 Å². The van der Waals surface area contributed by atoms with Crippen LogP contribution in [0.2, 0.25) is 0 Å². The van der Waals surface area contributed by atoms with Gasteiger partial charge in [-0.2, -0.15) is 0 Å². The molecule has 2 aliphatic rings. The van der Waals surface area contributed by atoms with E-state index in [9.17, 15) is 5.11 Å². The molecule has 2 fully saturated rings. The molecule has 0 bridgehead atoms. The van der Waals surface area contributed by atoms with Crippen molar-refractivity contribution in [1.82, 2.24) is 0 Å². The highest BCUT2D eigenvalue weighted by Crippen LogP contribution is 2.38. The number of rotatable bonds is 4. The lowest BCUT2D eigenvalue weighted by molar-refractivity contribution is -0.269. The number of ether oxygens (including phenoxy) is 5. The summed E-state index contributed by atoms with van der Waals surface area (Å²) in [5.41, 5.74) is 0.978. The quantitative estimate of drug-likeness (QED) is 0.911. The molecule has 2 aliphatic heterocycles. The van der Waals surface area contributed by atoms with Crippen LogP contribution in [0.3, 0.4) is 0 Å². The first kappa shape index (κ1) is 16.7. The fourth-order valence-corrected chi connectivity index (χ4v) is 3.06. The summed E-state index contributed by atoms with van der Waals surface area (Å²) >= 11 is 0. The lowest BCUT2D eigenvalue weighted by Crippen LogP contribution is -2.56. The van der Waals surface area contributed by atoms with Crippen LogP contribution < -0.4 is 4.74 Å². The summed E-state index contributed by atoms with van der Waals surface area (Å²) in [6.07, 6.45) is -2.50. The van der Waals surface area contributed by atoms with Gasteiger partial charge in [0, 0.05) is 0 Å². The van der Waals surface area contributed by atoms with Gasteiger partial charge in [0.25, 0.3) is 0 Å². The Balaban J connectivity index is 1.67. The Hall–Kier alpha value is -1.18. The van der Waals surface area contributed by atoms with Crippen molar-refractivity contribution in [3.05, 3.63) is 29.8 Å². The molecule has 3 rings (SSSR count). The molecule has 1 aromatic rings. The van der Waals surface area contributed by atoms with E-state index in [2.05, 4.69) is 0 Å². The predicted octanol–water partition coefficient (Wildman–Crippen LogP) is 1.84. The third-order valence-electron chi connectivity index (χ3n) is 4.19. The highest BCUT2D eigenvalue weighted by Gasteiger charge is 2.54. The Morgan fingerprint density at radius 2 is 1.78 bits per heavy atom. The van der Waals surface area contributed by atoms with Crippen molar-refractivity contribution in [3.63, 3.8) is 0 Å². The van der Waals surface area contributed by atoms with Crippen molar-refractivity contribution >= 4 is 0 Å². The van der Waals surface area contributed by atoms with E-state index >= 15 is 0 Å². The van der Waals surface area contributed by atoms with E-state index in [0.717, 1.165) is 11.3 Å². The summed E-state index contributed by atoms with van der Waals surface area (Å²) in [7, 11) is 1.63. The van der Waals surface area contributed by atoms with Crippen molar-refractivity contribution in [3.8, 4) is 5.75 Å². The van der Waals surface area contributed by atoms with E-state index in [4.69, 9.17) is 23.7 Å². The van der Waals surface area contributed by atoms with Crippen LogP contribution in [0.15, 0.2) is 24.3 Å². The number of fused-ring (bicyclic) bond motifs is 1. The van der Waals surface area contributed by atoms with Crippen LogP contribution in [0.5, 0.6) is 5.75 Å². The molecule has 1 aromatic carbocycles. The van der Waals surface area contributed by atoms with Gasteiger partial charge in [0.2, 0.25) is 0 Å². The average molecular weight is 324 g/mol. The molecular formula is C17H24O6. The minimum absolute atomic E-state index is 0.252. The Morgan fingerprint density at radius 1 is 1.13 bits per heavy atom. The molecule has 2 heterocycles. The molecule has 23 heavy (non-hydrogen) atoms. The van der Waals surface area contributed by atoms with Crippen LogP contribution in [0.25, 0.3) is 0 Å². The summed E-state index contributed by atoms with van der Waals surface area (Å²) in [6, 6.07) is 7.58. The maximum atomic E-state index is 10.2. The zero-order chi connectivity index (χ0) is 16.6. The third-order valence-corrected chi connectivity index (χ3v) is 4.19. The standard InChI is InChI=1S/C17H24O6/c1-10-13-14(23-17(2,3)22-13)15(16(18)21-10)20-9-11-5-7-12(19-4)8-6-11/h5-8,10,13-16,18H,9H2,1-4H3/t10-,13+,14+,15-,16-/m0/s1. The van der Waals surface area contributed by atoms with Crippen molar-refractivity contribution in [2.75, 3.05) is 7.11 Å². The molecule has 0 aromatic heterocycles. The molecule has 0 spiro atoms. The van der Waals surface area contributed by atoms with E-state index in [1.165, 1.54) is 0 Å². The van der Waals surface area contributed by atoms with Crippen molar-refractivity contribution < 1.29 is 28.8 Å². The Kier molecular flexibility index (Phi) is 4.62. The van der Waals surface area contributed by atoms with Crippen molar-refractivity contribution in [2.45, 2.75) is 63.9 Å². The number of benzene rings is 1. The lowest BCUT2D eigenvalue weighted by atomic mass is 10.00. The molecule has 5 atom stereocenters. The number of aliphatic hydroxyl groups is 1. The lowest BCUT2D eigenvalue weighted by Gasteiger charge is -2.38. The SMILES string of the molecule is COc1ccc(CO[C@H]2[C@@H]3OC(C)(C)O[C@@H]3[C@H](C)O[C@@H]2O)cc1. The summed E-state index contributed by atoms with van der Waals surface area (Å²) < 4.78 is 28.4. The minimum atomic E-state index is -1.04. The summed E-state index contributed by atoms with van der Waals surface area (Å²) in [4.78, 5) is 0. The van der Waals surface area contributed by atoms with E-state index < -0.39 is 18.2 Å². The van der Waals surface area contributed by atoms with E-state index in [1.807, 2.05) is 45.0 Å². The second-order valence-electron chi connectivity index (χ2n) is 6.42. The molecule has 0 radical (unpaired) electrons. The van der Waals surface area contributed by atoms with Gasteiger partial charge in [-0.05, 0) is 38.5 Å². The molecule has 0 aliphatic carbocycles. The Labute approximate surface area is 136 Å². The van der Waals surface area contributed by atoms with Gasteiger partial charge >= 0.3 is 0 Å². The first-order valence-corrected chi connectivity index (χ1v) is 7.83. The van der Waals surface area contributed by atoms with Crippen molar-refractivity contribution in [2.24, 2.45) is 0 Å².